The van der Waals surface area contributed by atoms with Gasteiger partial charge in [0, 0.05) is 0 Å². The van der Waals surface area contributed by atoms with Crippen LogP contribution < -0.4 is 5.19 Å². The summed E-state index contributed by atoms with van der Waals surface area (Å²) in [5.41, 5.74) is 3.45. The van der Waals surface area contributed by atoms with Gasteiger partial charge in [0.15, 0.2) is 9.28 Å². The molecular weight excluding hydrogens is 325 g/mol. The number of hydrogen-bond donors (Lipinski definition) is 0. The molecule has 0 aliphatic heterocycles. The molecule has 0 fully saturated rings. The van der Waals surface area contributed by atoms with E-state index in [4.69, 9.17) is 8.23 Å². The highest BCUT2D eigenvalue weighted by molar-refractivity contribution is 7.29. The highest BCUT2D eigenvalue weighted by Gasteiger charge is 2.33. The molecule has 0 saturated carbocycles. The summed E-state index contributed by atoms with van der Waals surface area (Å²) in [6.07, 6.45) is 0. The molecule has 0 aromatic heterocycles. The van der Waals surface area contributed by atoms with E-state index in [2.05, 4.69) is 66.9 Å². The monoisotopic (exact) mass is 346 g/mol. The molecule has 0 heterocycles. The third kappa shape index (κ3) is 4.47. The van der Waals surface area contributed by atoms with Crippen molar-refractivity contribution in [1.82, 2.24) is 0 Å². The topological polar surface area (TPSA) is 18.5 Å². The van der Waals surface area contributed by atoms with E-state index in [1.165, 1.54) is 10.8 Å². The molecule has 0 amide bonds. The maximum Gasteiger partial charge on any atom is 0.244 e. The zero-order valence-corrected chi connectivity index (χ0v) is 18.3. The minimum atomic E-state index is -1.98. The predicted octanol–water partition coefficient (Wildman–Crippen LogP) is -0.258. The van der Waals surface area contributed by atoms with Gasteiger partial charge in [0.05, 0.1) is 0 Å². The Morgan fingerprint density at radius 3 is 2.24 bits per heavy atom. The summed E-state index contributed by atoms with van der Waals surface area (Å²) in [7, 11) is -2.44. The van der Waals surface area contributed by atoms with Gasteiger partial charge >= 0.3 is 0 Å². The molecule has 1 atom stereocenters. The lowest BCUT2D eigenvalue weighted by Crippen LogP contribution is -2.56. The van der Waals surface area contributed by atoms with Crippen molar-refractivity contribution in [3.63, 3.8) is 0 Å². The normalized spacial score (nSPS) is 14.9. The van der Waals surface area contributed by atoms with Gasteiger partial charge in [0.25, 0.3) is 0 Å². The number of rotatable bonds is 8. The Hall–Kier alpha value is -1.03. The lowest BCUT2D eigenvalue weighted by Gasteiger charge is -2.27. The molecule has 0 bridgehead atoms. The molecule has 21 heavy (non-hydrogen) atoms. The van der Waals surface area contributed by atoms with Gasteiger partial charge < -0.3 is 8.23 Å². The first kappa shape index (κ1) is 16.3. The van der Waals surface area contributed by atoms with E-state index in [-0.39, 0.29) is 0 Å². The van der Waals surface area contributed by atoms with E-state index in [0.717, 1.165) is 16.5 Å². The molecule has 110 valence electrons. The molecule has 0 saturated heterocycles. The maximum atomic E-state index is 6.20. The second kappa shape index (κ2) is 8.42. The molecule has 0 aliphatic rings. The zero-order valence-electron chi connectivity index (χ0n) is 12.5. The first-order valence-corrected chi connectivity index (χ1v) is 14.5. The Morgan fingerprint density at radius 2 is 1.67 bits per heavy atom. The van der Waals surface area contributed by atoms with Crippen molar-refractivity contribution < 1.29 is 8.23 Å². The highest BCUT2D eigenvalue weighted by Crippen LogP contribution is 2.06. The van der Waals surface area contributed by atoms with Crippen LogP contribution in [0.15, 0.2) is 72.9 Å². The van der Waals surface area contributed by atoms with Gasteiger partial charge in [-0.3, -0.25) is 0 Å². The molecule has 2 nitrogen and oxygen atoms in total. The van der Waals surface area contributed by atoms with Crippen LogP contribution in [0.25, 0.3) is 0 Å². The van der Waals surface area contributed by atoms with Crippen LogP contribution in [0.2, 0.25) is 0 Å². The maximum absolute atomic E-state index is 6.20. The molecule has 2 aromatic carbocycles. The van der Waals surface area contributed by atoms with E-state index >= 15 is 0 Å². The summed E-state index contributed by atoms with van der Waals surface area (Å²) in [5, 5.41) is 1.32. The first-order chi connectivity index (χ1) is 10.3. The molecule has 2 aromatic rings. The van der Waals surface area contributed by atoms with Crippen LogP contribution in [0.1, 0.15) is 5.56 Å². The summed E-state index contributed by atoms with van der Waals surface area (Å²) >= 11 is 0. The first-order valence-electron chi connectivity index (χ1n) is 7.17. The molecule has 0 N–H and O–H groups in total. The zero-order chi connectivity index (χ0) is 15.0. The van der Waals surface area contributed by atoms with Crippen LogP contribution in [0.3, 0.4) is 0 Å². The van der Waals surface area contributed by atoms with E-state index in [1.807, 2.05) is 6.07 Å². The Bertz CT molecular complexity index is 550. The van der Waals surface area contributed by atoms with Crippen LogP contribution in [0.5, 0.6) is 0 Å². The average molecular weight is 347 g/mol. The highest BCUT2D eigenvalue weighted by atomic mass is 29.2. The summed E-state index contributed by atoms with van der Waals surface area (Å²) in [4.78, 5) is 0. The fourth-order valence-corrected chi connectivity index (χ4v) is 15.2. The second-order valence-electron chi connectivity index (χ2n) is 4.95. The molecule has 6 heteroatoms. The fraction of sp³-hybridized carbons (Fsp3) is 0.0667. The van der Waals surface area contributed by atoms with Crippen LogP contribution >= 0.6 is 0 Å². The molecule has 0 radical (unpaired) electrons. The Kier molecular flexibility index (Phi) is 6.55. The fourth-order valence-electron chi connectivity index (χ4n) is 2.30. The van der Waals surface area contributed by atoms with Crippen molar-refractivity contribution in [3.8, 4) is 0 Å². The average Bonchev–Trinajstić information content (AvgIpc) is 2.57. The standard InChI is InChI=1S/C15H22O2Si4/c1-2-21(16-18,15-11-7-4-8-12-15)20-17-19-13-14-9-5-3-6-10-14/h2-12H,1,13,19-20H2,18H3. The van der Waals surface area contributed by atoms with Gasteiger partial charge in [-0.05, 0) is 16.8 Å². The molecule has 0 aliphatic carbocycles. The third-order valence-corrected chi connectivity index (χ3v) is 19.5. The molecule has 1 unspecified atom stereocenters. The SMILES string of the molecule is C=C[Si](O[SiH3])([SiH2]O[SiH2]Cc1ccccc1)c1ccccc1. The Morgan fingerprint density at radius 1 is 1.05 bits per heavy atom. The van der Waals surface area contributed by atoms with Gasteiger partial charge in [-0.25, -0.2) is 0 Å². The lowest BCUT2D eigenvalue weighted by atomic mass is 10.2. The van der Waals surface area contributed by atoms with Gasteiger partial charge in [0.1, 0.15) is 20.2 Å². The summed E-state index contributed by atoms with van der Waals surface area (Å²) in [6, 6.07) is 22.2. The number of hydrogen-bond acceptors (Lipinski definition) is 2. The van der Waals surface area contributed by atoms with E-state index in [1.54, 1.807) is 0 Å². The predicted molar refractivity (Wildman–Crippen MR) is 101 cm³/mol. The Labute approximate surface area is 135 Å². The second-order valence-corrected chi connectivity index (χ2v) is 16.2. The molecule has 2 rings (SSSR count). The van der Waals surface area contributed by atoms with E-state index in [0.29, 0.717) is 0 Å². The summed E-state index contributed by atoms with van der Waals surface area (Å²) in [5.74, 6) is 0. The van der Waals surface area contributed by atoms with Gasteiger partial charge in [-0.1, -0.05) is 66.4 Å². The smallest absolute Gasteiger partial charge is 0.244 e. The van der Waals surface area contributed by atoms with Crippen LogP contribution in [-0.4, -0.2) is 37.4 Å². The van der Waals surface area contributed by atoms with E-state index < -0.39 is 26.9 Å². The summed E-state index contributed by atoms with van der Waals surface area (Å²) in [6.45, 7) is 4.05. The minimum Gasteiger partial charge on any atom is -0.464 e. The van der Waals surface area contributed by atoms with Crippen LogP contribution in [-0.2, 0) is 14.3 Å². The van der Waals surface area contributed by atoms with Crippen molar-refractivity contribution in [2.45, 2.75) is 6.04 Å². The molecule has 0 spiro atoms. The Balaban J connectivity index is 1.93. The lowest BCUT2D eigenvalue weighted by molar-refractivity contribution is 0.610. The van der Waals surface area contributed by atoms with Gasteiger partial charge in [-0.15, -0.1) is 6.58 Å². The van der Waals surface area contributed by atoms with Crippen molar-refractivity contribution >= 4 is 42.6 Å². The van der Waals surface area contributed by atoms with Gasteiger partial charge in [0.2, 0.25) is 7.83 Å². The van der Waals surface area contributed by atoms with E-state index in [9.17, 15) is 0 Å². The summed E-state index contributed by atoms with van der Waals surface area (Å²) < 4.78 is 12.2. The third-order valence-electron chi connectivity index (χ3n) is 3.65. The van der Waals surface area contributed by atoms with Crippen LogP contribution in [0, 0.1) is 0 Å². The van der Waals surface area contributed by atoms with Crippen LogP contribution in [0.4, 0.5) is 0 Å². The molecular formula is C15H22O2Si4. The van der Waals surface area contributed by atoms with Crippen molar-refractivity contribution in [2.75, 3.05) is 0 Å². The van der Waals surface area contributed by atoms with Crippen molar-refractivity contribution in [1.29, 1.82) is 0 Å². The largest absolute Gasteiger partial charge is 0.464 e. The van der Waals surface area contributed by atoms with Crippen molar-refractivity contribution in [3.05, 3.63) is 78.5 Å². The minimum absolute atomic E-state index is 0.506. The van der Waals surface area contributed by atoms with Gasteiger partial charge in [-0.2, -0.15) is 0 Å². The van der Waals surface area contributed by atoms with Crippen molar-refractivity contribution in [2.24, 2.45) is 0 Å². The number of benzene rings is 2. The quantitative estimate of drug-likeness (QED) is 0.484.